The normalized spacial score (nSPS) is 27.4. The van der Waals surface area contributed by atoms with Crippen LogP contribution in [0.25, 0.3) is 0 Å². The summed E-state index contributed by atoms with van der Waals surface area (Å²) in [5, 5.41) is 11.2. The molecule has 0 unspecified atom stereocenters. The number of ether oxygens (including phenoxy) is 2. The lowest BCUT2D eigenvalue weighted by Crippen LogP contribution is -2.48. The monoisotopic (exact) mass is 292 g/mol. The average Bonchev–Trinajstić information content (AvgIpc) is 2.55. The third-order valence-corrected chi connectivity index (χ3v) is 4.04. The van der Waals surface area contributed by atoms with Crippen LogP contribution < -0.4 is 5.32 Å². The van der Waals surface area contributed by atoms with Crippen LogP contribution in [0.5, 0.6) is 0 Å². The molecule has 3 heterocycles. The minimum atomic E-state index is 0.198. The van der Waals surface area contributed by atoms with Crippen LogP contribution in [0.15, 0.2) is 18.3 Å². The minimum Gasteiger partial charge on any atom is -0.377 e. The van der Waals surface area contributed by atoms with Gasteiger partial charge in [0.1, 0.15) is 5.82 Å². The first-order valence-corrected chi connectivity index (χ1v) is 7.87. The van der Waals surface area contributed by atoms with Crippen LogP contribution in [-0.2, 0) is 9.47 Å². The first-order valence-electron chi connectivity index (χ1n) is 7.87. The highest BCUT2D eigenvalue weighted by Crippen LogP contribution is 2.15. The van der Waals surface area contributed by atoms with Crippen molar-refractivity contribution in [1.82, 2.24) is 15.1 Å². The fourth-order valence-electron chi connectivity index (χ4n) is 2.92. The molecule has 3 rings (SSSR count). The van der Waals surface area contributed by atoms with Crippen molar-refractivity contribution in [2.45, 2.75) is 31.5 Å². The standard InChI is InChI=1S/C15H24N4O2/c1-2-8-20-13(4-1)11-19-7-9-21-14(12-19)10-16-15-5-3-6-17-18-15/h3,5-6,13-14H,1-2,4,7-12H2,(H,16,18)/t13-,14+/m1/s1. The van der Waals surface area contributed by atoms with Crippen molar-refractivity contribution < 1.29 is 9.47 Å². The van der Waals surface area contributed by atoms with Gasteiger partial charge < -0.3 is 14.8 Å². The zero-order chi connectivity index (χ0) is 14.3. The van der Waals surface area contributed by atoms with Gasteiger partial charge in [-0.15, -0.1) is 5.10 Å². The van der Waals surface area contributed by atoms with Crippen LogP contribution in [0, 0.1) is 0 Å². The zero-order valence-electron chi connectivity index (χ0n) is 12.4. The van der Waals surface area contributed by atoms with Crippen molar-refractivity contribution >= 4 is 5.82 Å². The zero-order valence-corrected chi connectivity index (χ0v) is 12.4. The summed E-state index contributed by atoms with van der Waals surface area (Å²) in [7, 11) is 0. The molecule has 2 aliphatic rings. The smallest absolute Gasteiger partial charge is 0.148 e. The fourth-order valence-corrected chi connectivity index (χ4v) is 2.92. The first-order chi connectivity index (χ1) is 10.4. The molecule has 0 radical (unpaired) electrons. The highest BCUT2D eigenvalue weighted by atomic mass is 16.5. The van der Waals surface area contributed by atoms with Crippen molar-refractivity contribution in [1.29, 1.82) is 0 Å². The van der Waals surface area contributed by atoms with E-state index in [1.165, 1.54) is 19.3 Å². The molecule has 2 saturated heterocycles. The Morgan fingerprint density at radius 3 is 3.00 bits per heavy atom. The van der Waals surface area contributed by atoms with Crippen LogP contribution in [-0.4, -0.2) is 66.7 Å². The van der Waals surface area contributed by atoms with E-state index in [0.29, 0.717) is 6.10 Å². The van der Waals surface area contributed by atoms with Gasteiger partial charge >= 0.3 is 0 Å². The van der Waals surface area contributed by atoms with Gasteiger partial charge in [0.25, 0.3) is 0 Å². The highest BCUT2D eigenvalue weighted by molar-refractivity contribution is 5.31. The number of morpholine rings is 1. The summed E-state index contributed by atoms with van der Waals surface area (Å²) in [6.45, 7) is 5.46. The van der Waals surface area contributed by atoms with E-state index in [1.807, 2.05) is 12.1 Å². The maximum Gasteiger partial charge on any atom is 0.148 e. The van der Waals surface area contributed by atoms with E-state index in [2.05, 4.69) is 20.4 Å². The molecule has 2 atom stereocenters. The molecule has 6 nitrogen and oxygen atoms in total. The van der Waals surface area contributed by atoms with Crippen molar-refractivity contribution in [2.75, 3.05) is 44.7 Å². The summed E-state index contributed by atoms with van der Waals surface area (Å²) in [5.41, 5.74) is 0. The third-order valence-electron chi connectivity index (χ3n) is 4.04. The predicted molar refractivity (Wildman–Crippen MR) is 80.3 cm³/mol. The molecule has 2 fully saturated rings. The lowest BCUT2D eigenvalue weighted by atomic mass is 10.1. The quantitative estimate of drug-likeness (QED) is 0.879. The Hall–Kier alpha value is -1.24. The molecule has 0 spiro atoms. The maximum absolute atomic E-state index is 5.83. The van der Waals surface area contributed by atoms with Gasteiger partial charge in [0.15, 0.2) is 0 Å². The summed E-state index contributed by atoms with van der Waals surface area (Å²) in [6.07, 6.45) is 5.99. The van der Waals surface area contributed by atoms with E-state index < -0.39 is 0 Å². The molecular weight excluding hydrogens is 268 g/mol. The van der Waals surface area contributed by atoms with Gasteiger partial charge in [0.05, 0.1) is 18.8 Å². The minimum absolute atomic E-state index is 0.198. The molecule has 1 N–H and O–H groups in total. The number of hydrogen-bond donors (Lipinski definition) is 1. The lowest BCUT2D eigenvalue weighted by molar-refractivity contribution is -0.0555. The number of nitrogens with one attached hydrogen (secondary N) is 1. The number of nitrogens with zero attached hydrogens (tertiary/aromatic N) is 3. The van der Waals surface area contributed by atoms with Gasteiger partial charge in [-0.25, -0.2) is 0 Å². The van der Waals surface area contributed by atoms with E-state index in [9.17, 15) is 0 Å². The van der Waals surface area contributed by atoms with Crippen molar-refractivity contribution in [3.63, 3.8) is 0 Å². The number of aromatic nitrogens is 2. The van der Waals surface area contributed by atoms with Gasteiger partial charge in [-0.2, -0.15) is 5.10 Å². The molecule has 0 amide bonds. The van der Waals surface area contributed by atoms with Crippen molar-refractivity contribution in [3.05, 3.63) is 18.3 Å². The molecule has 116 valence electrons. The Kier molecular flexibility index (Phi) is 5.37. The summed E-state index contributed by atoms with van der Waals surface area (Å²) >= 11 is 0. The second-order valence-corrected chi connectivity index (χ2v) is 5.73. The van der Waals surface area contributed by atoms with Gasteiger partial charge in [-0.3, -0.25) is 4.90 Å². The van der Waals surface area contributed by atoms with Crippen LogP contribution in [0.2, 0.25) is 0 Å². The number of rotatable bonds is 5. The molecular formula is C15H24N4O2. The third kappa shape index (κ3) is 4.62. The summed E-state index contributed by atoms with van der Waals surface area (Å²) in [4.78, 5) is 2.46. The first kappa shape index (κ1) is 14.7. The van der Waals surface area contributed by atoms with E-state index in [4.69, 9.17) is 9.47 Å². The molecule has 6 heteroatoms. The van der Waals surface area contributed by atoms with Gasteiger partial charge in [0, 0.05) is 39.0 Å². The summed E-state index contributed by atoms with van der Waals surface area (Å²) < 4.78 is 11.7. The average molecular weight is 292 g/mol. The van der Waals surface area contributed by atoms with Crippen molar-refractivity contribution in [2.24, 2.45) is 0 Å². The van der Waals surface area contributed by atoms with E-state index in [0.717, 1.165) is 45.2 Å². The highest BCUT2D eigenvalue weighted by Gasteiger charge is 2.24. The Bertz CT molecular complexity index is 411. The molecule has 1 aromatic heterocycles. The van der Waals surface area contributed by atoms with Crippen molar-refractivity contribution in [3.8, 4) is 0 Å². The molecule has 0 aromatic carbocycles. The molecule has 0 bridgehead atoms. The summed E-state index contributed by atoms with van der Waals surface area (Å²) in [5.74, 6) is 0.800. The van der Waals surface area contributed by atoms with Gasteiger partial charge in [-0.1, -0.05) is 0 Å². The molecule has 0 aliphatic carbocycles. The second kappa shape index (κ2) is 7.68. The topological polar surface area (TPSA) is 59.5 Å². The molecule has 2 aliphatic heterocycles. The fraction of sp³-hybridized carbons (Fsp3) is 0.733. The van der Waals surface area contributed by atoms with E-state index in [-0.39, 0.29) is 6.10 Å². The van der Waals surface area contributed by atoms with E-state index in [1.54, 1.807) is 6.20 Å². The maximum atomic E-state index is 5.83. The molecule has 21 heavy (non-hydrogen) atoms. The van der Waals surface area contributed by atoms with E-state index >= 15 is 0 Å². The number of hydrogen-bond acceptors (Lipinski definition) is 6. The Morgan fingerprint density at radius 1 is 1.24 bits per heavy atom. The van der Waals surface area contributed by atoms with Crippen LogP contribution in [0.4, 0.5) is 5.82 Å². The SMILES string of the molecule is c1cnnc(NC[C@H]2CN(C[C@H]3CCCCO3)CCO2)c1. The molecule has 0 saturated carbocycles. The molecule has 1 aromatic rings. The Balaban J connectivity index is 1.42. The van der Waals surface area contributed by atoms with Crippen LogP contribution >= 0.6 is 0 Å². The van der Waals surface area contributed by atoms with Gasteiger partial charge in [0.2, 0.25) is 0 Å². The van der Waals surface area contributed by atoms with Gasteiger partial charge in [-0.05, 0) is 31.4 Å². The Morgan fingerprint density at radius 2 is 2.19 bits per heavy atom. The Labute approximate surface area is 125 Å². The van der Waals surface area contributed by atoms with Crippen LogP contribution in [0.1, 0.15) is 19.3 Å². The second-order valence-electron chi connectivity index (χ2n) is 5.73. The lowest BCUT2D eigenvalue weighted by Gasteiger charge is -2.36. The number of anilines is 1. The predicted octanol–water partition coefficient (Wildman–Crippen LogP) is 1.16. The summed E-state index contributed by atoms with van der Waals surface area (Å²) in [6, 6.07) is 3.80. The largest absolute Gasteiger partial charge is 0.377 e. The van der Waals surface area contributed by atoms with Crippen LogP contribution in [0.3, 0.4) is 0 Å².